The third-order valence-electron chi connectivity index (χ3n) is 5.44. The number of carbonyl (C=O) groups excluding carboxylic acids is 1. The standard InChI is InChI=1S/C22H32O4/c1-22(2,3)26-21(24)12-16-7-8-17-9-10-18(13-19(17)20(23)11-16)25-14-15-5-4-6-15/h9-10,13,15-16,20,23H,4-8,11-12,14H2,1-3H3. The lowest BCUT2D eigenvalue weighted by molar-refractivity contribution is -0.156. The van der Waals surface area contributed by atoms with E-state index in [0.717, 1.165) is 30.8 Å². The van der Waals surface area contributed by atoms with Gasteiger partial charge in [0.15, 0.2) is 0 Å². The van der Waals surface area contributed by atoms with Crippen molar-refractivity contribution in [3.63, 3.8) is 0 Å². The Morgan fingerprint density at radius 3 is 2.62 bits per heavy atom. The van der Waals surface area contributed by atoms with Gasteiger partial charge < -0.3 is 14.6 Å². The van der Waals surface area contributed by atoms with E-state index in [2.05, 4.69) is 6.07 Å². The number of rotatable bonds is 5. The molecule has 0 aliphatic heterocycles. The van der Waals surface area contributed by atoms with Gasteiger partial charge in [-0.05, 0) is 88.0 Å². The van der Waals surface area contributed by atoms with Crippen molar-refractivity contribution in [2.24, 2.45) is 11.8 Å². The summed E-state index contributed by atoms with van der Waals surface area (Å²) in [5.41, 5.74) is 1.67. The SMILES string of the molecule is CC(C)(C)OC(=O)CC1CCc2ccc(OCC3CCC3)cc2C(O)C1. The van der Waals surface area contributed by atoms with Gasteiger partial charge in [0.2, 0.25) is 0 Å². The smallest absolute Gasteiger partial charge is 0.306 e. The fourth-order valence-electron chi connectivity index (χ4n) is 3.80. The fourth-order valence-corrected chi connectivity index (χ4v) is 3.80. The minimum absolute atomic E-state index is 0.145. The molecular formula is C22H32O4. The molecule has 0 amide bonds. The van der Waals surface area contributed by atoms with E-state index in [9.17, 15) is 9.90 Å². The van der Waals surface area contributed by atoms with Crippen LogP contribution in [0.15, 0.2) is 18.2 Å². The Balaban J connectivity index is 1.60. The van der Waals surface area contributed by atoms with E-state index in [1.165, 1.54) is 24.8 Å². The topological polar surface area (TPSA) is 55.8 Å². The van der Waals surface area contributed by atoms with E-state index in [0.29, 0.717) is 18.8 Å². The van der Waals surface area contributed by atoms with E-state index >= 15 is 0 Å². The highest BCUT2D eigenvalue weighted by Crippen LogP contribution is 2.36. The molecule has 1 N–H and O–H groups in total. The van der Waals surface area contributed by atoms with Crippen molar-refractivity contribution in [1.29, 1.82) is 0 Å². The molecule has 0 saturated heterocycles. The monoisotopic (exact) mass is 360 g/mol. The zero-order valence-electron chi connectivity index (χ0n) is 16.3. The minimum Gasteiger partial charge on any atom is -0.493 e. The van der Waals surface area contributed by atoms with Gasteiger partial charge in [0, 0.05) is 6.42 Å². The zero-order chi connectivity index (χ0) is 18.7. The average molecular weight is 360 g/mol. The van der Waals surface area contributed by atoms with Gasteiger partial charge >= 0.3 is 5.97 Å². The van der Waals surface area contributed by atoms with Gasteiger partial charge in [-0.25, -0.2) is 0 Å². The van der Waals surface area contributed by atoms with Gasteiger partial charge in [0.05, 0.1) is 12.7 Å². The molecule has 2 atom stereocenters. The molecule has 0 aromatic heterocycles. The van der Waals surface area contributed by atoms with Crippen LogP contribution in [0.1, 0.15) is 76.5 Å². The van der Waals surface area contributed by atoms with Gasteiger partial charge in [0.25, 0.3) is 0 Å². The number of carbonyl (C=O) groups is 1. The Morgan fingerprint density at radius 1 is 1.19 bits per heavy atom. The molecule has 2 aliphatic carbocycles. The van der Waals surface area contributed by atoms with Crippen molar-refractivity contribution in [3.8, 4) is 5.75 Å². The van der Waals surface area contributed by atoms with Crippen LogP contribution in [-0.2, 0) is 16.0 Å². The highest BCUT2D eigenvalue weighted by atomic mass is 16.6. The lowest BCUT2D eigenvalue weighted by Gasteiger charge is -2.25. The quantitative estimate of drug-likeness (QED) is 0.617. The second kappa shape index (κ2) is 7.99. The number of benzene rings is 1. The molecule has 0 bridgehead atoms. The number of hydrogen-bond donors (Lipinski definition) is 1. The fraction of sp³-hybridized carbons (Fsp3) is 0.682. The van der Waals surface area contributed by atoms with Crippen LogP contribution in [0.3, 0.4) is 0 Å². The van der Waals surface area contributed by atoms with E-state index < -0.39 is 11.7 Å². The van der Waals surface area contributed by atoms with Gasteiger partial charge in [-0.3, -0.25) is 4.79 Å². The summed E-state index contributed by atoms with van der Waals surface area (Å²) < 4.78 is 11.4. The van der Waals surface area contributed by atoms with Crippen molar-refractivity contribution in [2.75, 3.05) is 6.61 Å². The molecule has 1 fully saturated rings. The maximum atomic E-state index is 12.1. The summed E-state index contributed by atoms with van der Waals surface area (Å²) in [6.45, 7) is 6.42. The van der Waals surface area contributed by atoms with E-state index in [1.807, 2.05) is 32.9 Å². The van der Waals surface area contributed by atoms with Gasteiger partial charge in [-0.2, -0.15) is 0 Å². The molecular weight excluding hydrogens is 328 g/mol. The Labute approximate surface area is 156 Å². The zero-order valence-corrected chi connectivity index (χ0v) is 16.3. The molecule has 4 nitrogen and oxygen atoms in total. The van der Waals surface area contributed by atoms with E-state index in [1.54, 1.807) is 0 Å². The summed E-state index contributed by atoms with van der Waals surface area (Å²) in [4.78, 5) is 12.1. The van der Waals surface area contributed by atoms with Crippen molar-refractivity contribution in [3.05, 3.63) is 29.3 Å². The Kier molecular flexibility index (Phi) is 5.91. The first-order valence-corrected chi connectivity index (χ1v) is 9.95. The first-order valence-electron chi connectivity index (χ1n) is 9.95. The molecule has 0 spiro atoms. The first-order chi connectivity index (χ1) is 12.3. The molecule has 3 rings (SSSR count). The molecule has 0 heterocycles. The summed E-state index contributed by atoms with van der Waals surface area (Å²) in [6.07, 6.45) is 6.03. The normalized spacial score (nSPS) is 23.5. The van der Waals surface area contributed by atoms with Crippen LogP contribution in [0.5, 0.6) is 5.75 Å². The third kappa shape index (κ3) is 5.23. The Hall–Kier alpha value is -1.55. The Bertz CT molecular complexity index is 628. The predicted molar refractivity (Wildman–Crippen MR) is 101 cm³/mol. The van der Waals surface area contributed by atoms with Crippen molar-refractivity contribution < 1.29 is 19.4 Å². The number of aliphatic hydroxyl groups excluding tert-OH is 1. The molecule has 2 aliphatic rings. The van der Waals surface area contributed by atoms with Crippen molar-refractivity contribution in [1.82, 2.24) is 0 Å². The summed E-state index contributed by atoms with van der Waals surface area (Å²) >= 11 is 0. The largest absolute Gasteiger partial charge is 0.493 e. The van der Waals surface area contributed by atoms with Gasteiger partial charge in [-0.15, -0.1) is 0 Å². The molecule has 1 aromatic carbocycles. The summed E-state index contributed by atoms with van der Waals surface area (Å²) in [5, 5.41) is 10.7. The van der Waals surface area contributed by atoms with Gasteiger partial charge in [0.1, 0.15) is 11.4 Å². The first kappa shape index (κ1) is 19.2. The van der Waals surface area contributed by atoms with Gasteiger partial charge in [-0.1, -0.05) is 12.5 Å². The van der Waals surface area contributed by atoms with Crippen LogP contribution in [0.2, 0.25) is 0 Å². The maximum absolute atomic E-state index is 12.1. The molecule has 4 heteroatoms. The number of aliphatic hydroxyl groups is 1. The molecule has 1 saturated carbocycles. The molecule has 1 aromatic rings. The lowest BCUT2D eigenvalue weighted by atomic mass is 9.86. The summed E-state index contributed by atoms with van der Waals surface area (Å²) in [7, 11) is 0. The molecule has 2 unspecified atom stereocenters. The Morgan fingerprint density at radius 2 is 1.96 bits per heavy atom. The molecule has 26 heavy (non-hydrogen) atoms. The predicted octanol–water partition coefficient (Wildman–Crippen LogP) is 4.58. The van der Waals surface area contributed by atoms with E-state index in [-0.39, 0.29) is 11.9 Å². The number of aryl methyl sites for hydroxylation is 1. The minimum atomic E-state index is -0.549. The van der Waals surface area contributed by atoms with Crippen LogP contribution in [0.25, 0.3) is 0 Å². The molecule has 144 valence electrons. The van der Waals surface area contributed by atoms with Crippen LogP contribution in [0.4, 0.5) is 0 Å². The van der Waals surface area contributed by atoms with E-state index in [4.69, 9.17) is 9.47 Å². The number of ether oxygens (including phenoxy) is 2. The highest BCUT2D eigenvalue weighted by Gasteiger charge is 2.27. The summed E-state index contributed by atoms with van der Waals surface area (Å²) in [5.74, 6) is 1.51. The lowest BCUT2D eigenvalue weighted by Crippen LogP contribution is -2.25. The molecule has 0 radical (unpaired) electrons. The van der Waals surface area contributed by atoms with Crippen LogP contribution in [0, 0.1) is 11.8 Å². The summed E-state index contributed by atoms with van der Waals surface area (Å²) in [6, 6.07) is 6.08. The van der Waals surface area contributed by atoms with Crippen LogP contribution < -0.4 is 4.74 Å². The second-order valence-corrected chi connectivity index (χ2v) is 8.92. The third-order valence-corrected chi connectivity index (χ3v) is 5.44. The van der Waals surface area contributed by atoms with Crippen LogP contribution >= 0.6 is 0 Å². The number of esters is 1. The number of hydrogen-bond acceptors (Lipinski definition) is 4. The number of fused-ring (bicyclic) bond motifs is 1. The average Bonchev–Trinajstić information content (AvgIpc) is 2.63. The van der Waals surface area contributed by atoms with Crippen molar-refractivity contribution in [2.45, 2.75) is 77.4 Å². The van der Waals surface area contributed by atoms with Crippen LogP contribution in [-0.4, -0.2) is 23.3 Å². The second-order valence-electron chi connectivity index (χ2n) is 8.92. The highest BCUT2D eigenvalue weighted by molar-refractivity contribution is 5.70. The maximum Gasteiger partial charge on any atom is 0.306 e. The van der Waals surface area contributed by atoms with Crippen molar-refractivity contribution >= 4 is 5.97 Å².